The normalized spacial score (nSPS) is 11.0. The van der Waals surface area contributed by atoms with Gasteiger partial charge in [0.05, 0.1) is 11.9 Å². The smallest absolute Gasteiger partial charge is 0.321 e. The van der Waals surface area contributed by atoms with Crippen LogP contribution in [0, 0.1) is 0 Å². The number of urea groups is 1. The number of hydrogen-bond donors (Lipinski definition) is 3. The molecule has 3 N–H and O–H groups in total. The van der Waals surface area contributed by atoms with Crippen LogP contribution in [-0.2, 0) is 6.54 Å². The van der Waals surface area contributed by atoms with Crippen LogP contribution in [0.5, 0.6) is 0 Å². The van der Waals surface area contributed by atoms with Crippen molar-refractivity contribution in [2.24, 2.45) is 0 Å². The predicted molar refractivity (Wildman–Crippen MR) is 122 cm³/mol. The Kier molecular flexibility index (Phi) is 5.11. The predicted octanol–water partition coefficient (Wildman–Crippen LogP) is 4.85. The van der Waals surface area contributed by atoms with Crippen LogP contribution in [0.3, 0.4) is 0 Å². The fraction of sp³-hybridized carbons (Fsp3) is 0.0476. The number of imidazole rings is 1. The van der Waals surface area contributed by atoms with Crippen LogP contribution in [0.4, 0.5) is 9.93 Å². The number of nitrogens with one attached hydrogen (secondary N) is 3. The zero-order valence-corrected chi connectivity index (χ0v) is 17.6. The number of nitrogens with zero attached hydrogens (tertiary/aromatic N) is 4. The van der Waals surface area contributed by atoms with Gasteiger partial charge in [-0.05, 0) is 11.6 Å². The molecule has 31 heavy (non-hydrogen) atoms. The molecular weight excluding hydrogens is 434 g/mol. The number of aromatic nitrogens is 5. The highest BCUT2D eigenvalue weighted by molar-refractivity contribution is 7.22. The van der Waals surface area contributed by atoms with Gasteiger partial charge < -0.3 is 5.32 Å². The molecule has 0 saturated heterocycles. The Labute approximate surface area is 185 Å². The van der Waals surface area contributed by atoms with Crippen molar-refractivity contribution in [3.63, 3.8) is 0 Å². The third-order valence-corrected chi connectivity index (χ3v) is 5.93. The van der Waals surface area contributed by atoms with Gasteiger partial charge in [0, 0.05) is 17.1 Å². The molecule has 0 fully saturated rings. The Hall–Kier alpha value is -3.69. The minimum Gasteiger partial charge on any atom is -0.334 e. The van der Waals surface area contributed by atoms with Crippen LogP contribution in [-0.4, -0.2) is 30.8 Å². The maximum Gasteiger partial charge on any atom is 0.321 e. The Morgan fingerprint density at radius 1 is 1.13 bits per heavy atom. The van der Waals surface area contributed by atoms with Crippen LogP contribution in [0.15, 0.2) is 67.1 Å². The molecule has 3 aromatic heterocycles. The summed E-state index contributed by atoms with van der Waals surface area (Å²) in [6, 6.07) is 16.9. The molecule has 0 unspecified atom stereocenters. The summed E-state index contributed by atoms with van der Waals surface area (Å²) in [7, 11) is 0. The van der Waals surface area contributed by atoms with Gasteiger partial charge in [-0.15, -0.1) is 0 Å². The van der Waals surface area contributed by atoms with E-state index in [1.54, 1.807) is 12.5 Å². The lowest BCUT2D eigenvalue weighted by molar-refractivity contribution is 0.251. The van der Waals surface area contributed by atoms with E-state index in [9.17, 15) is 4.79 Å². The molecule has 8 nitrogen and oxygen atoms in total. The van der Waals surface area contributed by atoms with Crippen molar-refractivity contribution >= 4 is 44.4 Å². The van der Waals surface area contributed by atoms with Crippen LogP contribution < -0.4 is 10.6 Å². The molecule has 0 radical (unpaired) electrons. The van der Waals surface area contributed by atoms with Crippen LogP contribution >= 0.6 is 22.9 Å². The summed E-state index contributed by atoms with van der Waals surface area (Å²) in [6.07, 6.45) is 3.41. The van der Waals surface area contributed by atoms with Gasteiger partial charge >= 0.3 is 6.03 Å². The number of rotatable bonds is 5. The lowest BCUT2D eigenvalue weighted by Gasteiger charge is -2.07. The van der Waals surface area contributed by atoms with E-state index in [0.717, 1.165) is 21.5 Å². The first kappa shape index (κ1) is 19.3. The second-order valence-corrected chi connectivity index (χ2v) is 8.07. The van der Waals surface area contributed by atoms with Crippen molar-refractivity contribution in [3.05, 3.63) is 77.7 Å². The number of carbonyl (C=O) groups is 1. The van der Waals surface area contributed by atoms with Gasteiger partial charge in [0.15, 0.2) is 16.6 Å². The summed E-state index contributed by atoms with van der Waals surface area (Å²) in [5.74, 6) is 0.637. The van der Waals surface area contributed by atoms with Gasteiger partial charge in [0.25, 0.3) is 0 Å². The molecule has 0 spiro atoms. The molecule has 0 aliphatic rings. The third-order valence-electron chi connectivity index (χ3n) is 4.63. The van der Waals surface area contributed by atoms with Crippen LogP contribution in [0.2, 0.25) is 5.02 Å². The number of H-pyrrole nitrogens is 1. The summed E-state index contributed by atoms with van der Waals surface area (Å²) in [5, 5.41) is 14.0. The van der Waals surface area contributed by atoms with Crippen molar-refractivity contribution in [3.8, 4) is 17.1 Å². The van der Waals surface area contributed by atoms with E-state index in [-0.39, 0.29) is 6.03 Å². The summed E-state index contributed by atoms with van der Waals surface area (Å²) < 4.78 is 2.64. The lowest BCUT2D eigenvalue weighted by Crippen LogP contribution is -2.28. The minimum absolute atomic E-state index is 0.325. The molecule has 5 rings (SSSR count). The lowest BCUT2D eigenvalue weighted by atomic mass is 10.1. The molecule has 5 aromatic rings. The van der Waals surface area contributed by atoms with Crippen molar-refractivity contribution < 1.29 is 4.79 Å². The number of hydrogen-bond acceptors (Lipinski definition) is 5. The van der Waals surface area contributed by atoms with Crippen molar-refractivity contribution in [2.75, 3.05) is 5.32 Å². The minimum atomic E-state index is -0.325. The molecule has 0 aliphatic heterocycles. The van der Waals surface area contributed by atoms with E-state index in [4.69, 9.17) is 11.6 Å². The monoisotopic (exact) mass is 449 g/mol. The molecule has 2 aromatic carbocycles. The van der Waals surface area contributed by atoms with E-state index < -0.39 is 0 Å². The zero-order valence-electron chi connectivity index (χ0n) is 16.0. The highest BCUT2D eigenvalue weighted by Gasteiger charge is 2.18. The number of amides is 2. The molecule has 0 bridgehead atoms. The van der Waals surface area contributed by atoms with Gasteiger partial charge in [0.2, 0.25) is 0 Å². The summed E-state index contributed by atoms with van der Waals surface area (Å²) in [5.41, 5.74) is 3.25. The van der Waals surface area contributed by atoms with Gasteiger partial charge in [-0.1, -0.05) is 71.5 Å². The SMILES string of the molecule is O=C(NCc1ccccc1)Nc1nc2[nH]nc(-n3cncc3-c3ccccc3Cl)c2s1. The van der Waals surface area contributed by atoms with Gasteiger partial charge in [0.1, 0.15) is 11.0 Å². The molecule has 0 atom stereocenters. The number of aromatic amines is 1. The second-order valence-electron chi connectivity index (χ2n) is 6.67. The van der Waals surface area contributed by atoms with E-state index in [0.29, 0.717) is 28.2 Å². The summed E-state index contributed by atoms with van der Waals surface area (Å²) >= 11 is 7.70. The fourth-order valence-electron chi connectivity index (χ4n) is 3.17. The van der Waals surface area contributed by atoms with Gasteiger partial charge in [-0.25, -0.2) is 14.8 Å². The number of halogens is 1. The zero-order chi connectivity index (χ0) is 21.2. The van der Waals surface area contributed by atoms with Crippen molar-refractivity contribution in [1.29, 1.82) is 0 Å². The number of fused-ring (bicyclic) bond motifs is 1. The first-order valence-electron chi connectivity index (χ1n) is 9.40. The standard InChI is InChI=1S/C21H16ClN7OS/c22-15-9-5-4-8-14(15)16-11-23-12-29(16)19-17-18(27-28-19)25-21(31-17)26-20(30)24-10-13-6-2-1-3-7-13/h1-9,11-12H,10H2,(H3,24,25,26,27,28,30). The molecule has 10 heteroatoms. The number of carbonyl (C=O) groups excluding carboxylic acids is 1. The maximum absolute atomic E-state index is 12.3. The first-order chi connectivity index (χ1) is 15.2. The average Bonchev–Trinajstić information content (AvgIpc) is 3.49. The van der Waals surface area contributed by atoms with Crippen LogP contribution in [0.1, 0.15) is 5.56 Å². The highest BCUT2D eigenvalue weighted by atomic mass is 35.5. The quantitative estimate of drug-likeness (QED) is 0.357. The highest BCUT2D eigenvalue weighted by Crippen LogP contribution is 2.33. The average molecular weight is 450 g/mol. The number of anilines is 1. The Balaban J connectivity index is 1.38. The van der Waals surface area contributed by atoms with Gasteiger partial charge in [-0.2, -0.15) is 5.10 Å². The fourth-order valence-corrected chi connectivity index (χ4v) is 4.30. The van der Waals surface area contributed by atoms with Gasteiger partial charge in [-0.3, -0.25) is 15.0 Å². The third kappa shape index (κ3) is 3.88. The molecule has 154 valence electrons. The van der Waals surface area contributed by atoms with E-state index in [1.807, 2.05) is 59.2 Å². The van der Waals surface area contributed by atoms with Crippen LogP contribution in [0.25, 0.3) is 27.4 Å². The molecular formula is C21H16ClN7OS. The summed E-state index contributed by atoms with van der Waals surface area (Å²) in [4.78, 5) is 21.0. The first-order valence-corrected chi connectivity index (χ1v) is 10.6. The van der Waals surface area contributed by atoms with Crippen molar-refractivity contribution in [2.45, 2.75) is 6.54 Å². The Bertz CT molecular complexity index is 1360. The van der Waals surface area contributed by atoms with E-state index in [1.165, 1.54) is 11.3 Å². The van der Waals surface area contributed by atoms with E-state index >= 15 is 0 Å². The Morgan fingerprint density at radius 3 is 2.77 bits per heavy atom. The topological polar surface area (TPSA) is 101 Å². The molecule has 0 aliphatic carbocycles. The van der Waals surface area contributed by atoms with E-state index in [2.05, 4.69) is 30.8 Å². The number of thiazole rings is 1. The molecule has 2 amide bonds. The van der Waals surface area contributed by atoms with Crippen molar-refractivity contribution in [1.82, 2.24) is 30.0 Å². The summed E-state index contributed by atoms with van der Waals surface area (Å²) in [6.45, 7) is 0.430. The second kappa shape index (κ2) is 8.21. The Morgan fingerprint density at radius 2 is 1.94 bits per heavy atom. The molecule has 0 saturated carbocycles. The molecule has 3 heterocycles. The number of benzene rings is 2. The largest absolute Gasteiger partial charge is 0.334 e. The maximum atomic E-state index is 12.3.